The monoisotopic (exact) mass is 441 g/mol. The van der Waals surface area contributed by atoms with Crippen LogP contribution in [0.15, 0.2) is 39.6 Å². The van der Waals surface area contributed by atoms with E-state index in [0.717, 1.165) is 37.1 Å². The summed E-state index contributed by atoms with van der Waals surface area (Å²) in [4.78, 5) is 33.0. The third kappa shape index (κ3) is 4.05. The molecule has 1 aliphatic heterocycles. The summed E-state index contributed by atoms with van der Waals surface area (Å²) < 4.78 is 2.31. The number of amides is 1. The summed E-state index contributed by atoms with van der Waals surface area (Å²) in [5.74, 6) is 0.432. The molecule has 1 aromatic carbocycles. The first-order valence-corrected chi connectivity index (χ1v) is 12.4. The molecular weight excluding hydrogens is 414 g/mol. The predicted molar refractivity (Wildman–Crippen MR) is 125 cm³/mol. The highest BCUT2D eigenvalue weighted by molar-refractivity contribution is 7.99. The first-order chi connectivity index (χ1) is 14.5. The van der Waals surface area contributed by atoms with Crippen molar-refractivity contribution in [3.8, 4) is 5.69 Å². The van der Waals surface area contributed by atoms with Crippen LogP contribution in [0.2, 0.25) is 0 Å². The van der Waals surface area contributed by atoms with Crippen LogP contribution < -0.4 is 5.56 Å². The Bertz CT molecular complexity index is 1140. The minimum atomic E-state index is -0.0717. The fourth-order valence-corrected chi connectivity index (χ4v) is 5.70. The van der Waals surface area contributed by atoms with E-state index in [1.54, 1.807) is 4.57 Å². The Morgan fingerprint density at radius 1 is 1.23 bits per heavy atom. The normalized spacial score (nSPS) is 16.9. The molecule has 5 nitrogen and oxygen atoms in total. The van der Waals surface area contributed by atoms with Gasteiger partial charge in [0.1, 0.15) is 4.70 Å². The zero-order valence-electron chi connectivity index (χ0n) is 17.7. The topological polar surface area (TPSA) is 55.2 Å². The Kier molecular flexibility index (Phi) is 6.29. The van der Waals surface area contributed by atoms with Crippen molar-refractivity contribution in [1.29, 1.82) is 0 Å². The zero-order valence-corrected chi connectivity index (χ0v) is 19.3. The molecule has 0 spiro atoms. The average molecular weight is 442 g/mol. The molecule has 0 aliphatic carbocycles. The standard InChI is InChI=1S/C23H27N3O2S2/c1-4-17-7-5-6-11-25(17)20(27)14-30-23-24-19-10-12-29-21(19)22(28)26(23)18-9-8-15(2)16(3)13-18/h8-10,12-13,17H,4-7,11,14H2,1-3H3/t17-/m0/s1. The molecule has 0 bridgehead atoms. The van der Waals surface area contributed by atoms with Gasteiger partial charge in [-0.25, -0.2) is 4.98 Å². The van der Waals surface area contributed by atoms with E-state index >= 15 is 0 Å². The maximum Gasteiger partial charge on any atom is 0.276 e. The lowest BCUT2D eigenvalue weighted by Crippen LogP contribution is -2.44. The maximum absolute atomic E-state index is 13.3. The molecule has 1 saturated heterocycles. The van der Waals surface area contributed by atoms with Crippen LogP contribution >= 0.6 is 23.1 Å². The summed E-state index contributed by atoms with van der Waals surface area (Å²) in [6.45, 7) is 7.07. The Morgan fingerprint density at radius 3 is 2.83 bits per heavy atom. The molecule has 0 unspecified atom stereocenters. The number of rotatable bonds is 5. The van der Waals surface area contributed by atoms with Crippen LogP contribution in [0.5, 0.6) is 0 Å². The number of likely N-dealkylation sites (tertiary alicyclic amines) is 1. The van der Waals surface area contributed by atoms with Crippen LogP contribution in [-0.4, -0.2) is 38.7 Å². The second-order valence-electron chi connectivity index (χ2n) is 7.87. The van der Waals surface area contributed by atoms with Gasteiger partial charge in [0.15, 0.2) is 5.16 Å². The van der Waals surface area contributed by atoms with E-state index in [1.807, 2.05) is 41.5 Å². The highest BCUT2D eigenvalue weighted by Crippen LogP contribution is 2.26. The third-order valence-electron chi connectivity index (χ3n) is 5.94. The van der Waals surface area contributed by atoms with Crippen molar-refractivity contribution in [1.82, 2.24) is 14.5 Å². The molecule has 0 N–H and O–H groups in total. The molecule has 2 aromatic heterocycles. The fourth-order valence-electron chi connectivity index (χ4n) is 4.04. The van der Waals surface area contributed by atoms with Gasteiger partial charge in [-0.15, -0.1) is 11.3 Å². The number of fused-ring (bicyclic) bond motifs is 1. The molecule has 158 valence electrons. The number of thiophene rings is 1. The number of benzene rings is 1. The summed E-state index contributed by atoms with van der Waals surface area (Å²) in [6, 6.07) is 8.20. The number of thioether (sulfide) groups is 1. The number of nitrogens with zero attached hydrogens (tertiary/aromatic N) is 3. The molecule has 3 heterocycles. The molecule has 1 fully saturated rings. The Balaban J connectivity index is 1.68. The number of piperidine rings is 1. The summed E-state index contributed by atoms with van der Waals surface area (Å²) >= 11 is 2.77. The smallest absolute Gasteiger partial charge is 0.276 e. The van der Waals surface area contributed by atoms with Gasteiger partial charge in [0.2, 0.25) is 5.91 Å². The van der Waals surface area contributed by atoms with Gasteiger partial charge in [0, 0.05) is 12.6 Å². The average Bonchev–Trinajstić information content (AvgIpc) is 3.23. The van der Waals surface area contributed by atoms with Gasteiger partial charge in [-0.2, -0.15) is 0 Å². The number of hydrogen-bond donors (Lipinski definition) is 0. The van der Waals surface area contributed by atoms with Gasteiger partial charge in [-0.3, -0.25) is 14.2 Å². The molecule has 0 radical (unpaired) electrons. The second kappa shape index (κ2) is 8.94. The van der Waals surface area contributed by atoms with Crippen LogP contribution in [0, 0.1) is 13.8 Å². The number of aryl methyl sites for hydroxylation is 2. The first kappa shape index (κ1) is 21.1. The van der Waals surface area contributed by atoms with E-state index in [0.29, 0.717) is 27.2 Å². The van der Waals surface area contributed by atoms with Crippen LogP contribution in [0.3, 0.4) is 0 Å². The van der Waals surface area contributed by atoms with Crippen molar-refractivity contribution in [3.05, 3.63) is 51.1 Å². The van der Waals surface area contributed by atoms with Crippen LogP contribution in [0.1, 0.15) is 43.7 Å². The molecule has 0 saturated carbocycles. The quantitative estimate of drug-likeness (QED) is 0.415. The molecule has 1 aliphatic rings. The SMILES string of the molecule is CC[C@H]1CCCCN1C(=O)CSc1nc2ccsc2c(=O)n1-c1ccc(C)c(C)c1. The van der Waals surface area contributed by atoms with Gasteiger partial charge in [-0.1, -0.05) is 24.8 Å². The van der Waals surface area contributed by atoms with E-state index < -0.39 is 0 Å². The molecule has 30 heavy (non-hydrogen) atoms. The number of carbonyl (C=O) groups excluding carboxylic acids is 1. The van der Waals surface area contributed by atoms with Crippen LogP contribution in [-0.2, 0) is 4.79 Å². The van der Waals surface area contributed by atoms with Crippen molar-refractivity contribution in [2.75, 3.05) is 12.3 Å². The Morgan fingerprint density at radius 2 is 2.07 bits per heavy atom. The van der Waals surface area contributed by atoms with Gasteiger partial charge in [-0.05, 0) is 74.2 Å². The minimum absolute atomic E-state index is 0.0717. The van der Waals surface area contributed by atoms with Crippen molar-refractivity contribution in [2.45, 2.75) is 57.7 Å². The van der Waals surface area contributed by atoms with Gasteiger partial charge >= 0.3 is 0 Å². The lowest BCUT2D eigenvalue weighted by atomic mass is 10.0. The third-order valence-corrected chi connectivity index (χ3v) is 7.76. The second-order valence-corrected chi connectivity index (χ2v) is 9.73. The molecule has 1 amide bonds. The van der Waals surface area contributed by atoms with E-state index in [2.05, 4.69) is 13.8 Å². The summed E-state index contributed by atoms with van der Waals surface area (Å²) in [5.41, 5.74) is 3.72. The van der Waals surface area contributed by atoms with Crippen LogP contribution in [0.4, 0.5) is 0 Å². The first-order valence-electron chi connectivity index (χ1n) is 10.5. The number of aromatic nitrogens is 2. The van der Waals surface area contributed by atoms with Crippen molar-refractivity contribution < 1.29 is 4.79 Å². The Hall–Kier alpha value is -2.12. The van der Waals surface area contributed by atoms with Crippen LogP contribution in [0.25, 0.3) is 15.9 Å². The highest BCUT2D eigenvalue weighted by atomic mass is 32.2. The van der Waals surface area contributed by atoms with Crippen molar-refractivity contribution in [3.63, 3.8) is 0 Å². The molecule has 4 rings (SSSR count). The van der Waals surface area contributed by atoms with E-state index in [9.17, 15) is 9.59 Å². The number of hydrogen-bond acceptors (Lipinski definition) is 5. The van der Waals surface area contributed by atoms with Crippen molar-refractivity contribution >= 4 is 39.2 Å². The lowest BCUT2D eigenvalue weighted by Gasteiger charge is -2.35. The molecular formula is C23H27N3O2S2. The maximum atomic E-state index is 13.3. The molecule has 3 aromatic rings. The summed E-state index contributed by atoms with van der Waals surface area (Å²) in [6.07, 6.45) is 4.33. The van der Waals surface area contributed by atoms with E-state index in [1.165, 1.54) is 35.1 Å². The minimum Gasteiger partial charge on any atom is -0.339 e. The lowest BCUT2D eigenvalue weighted by molar-refractivity contribution is -0.132. The van der Waals surface area contributed by atoms with E-state index in [-0.39, 0.29) is 11.5 Å². The summed E-state index contributed by atoms with van der Waals surface area (Å²) in [7, 11) is 0. The van der Waals surface area contributed by atoms with Gasteiger partial charge in [0.25, 0.3) is 5.56 Å². The zero-order chi connectivity index (χ0) is 21.3. The predicted octanol–water partition coefficient (Wildman–Crippen LogP) is 4.95. The fraction of sp³-hybridized carbons (Fsp3) is 0.435. The Labute approximate surface area is 185 Å². The largest absolute Gasteiger partial charge is 0.339 e. The number of carbonyl (C=O) groups is 1. The van der Waals surface area contributed by atoms with E-state index in [4.69, 9.17) is 4.98 Å². The molecule has 7 heteroatoms. The van der Waals surface area contributed by atoms with Gasteiger partial charge < -0.3 is 4.90 Å². The van der Waals surface area contributed by atoms with Crippen molar-refractivity contribution in [2.24, 2.45) is 0 Å². The highest BCUT2D eigenvalue weighted by Gasteiger charge is 2.26. The van der Waals surface area contributed by atoms with Gasteiger partial charge in [0.05, 0.1) is 17.0 Å². The summed E-state index contributed by atoms with van der Waals surface area (Å²) in [5, 5.41) is 2.47. The molecule has 1 atom stereocenters.